The molecule has 24 heavy (non-hydrogen) atoms. The first kappa shape index (κ1) is 20.0. The number of rotatable bonds is 10. The van der Waals surface area contributed by atoms with Gasteiger partial charge in [-0.25, -0.2) is 0 Å². The molecule has 1 rings (SSSR count). The molecule has 0 unspecified atom stereocenters. The Morgan fingerprint density at radius 2 is 1.83 bits per heavy atom. The molecule has 0 bridgehead atoms. The molecule has 0 aliphatic rings. The van der Waals surface area contributed by atoms with Gasteiger partial charge < -0.3 is 15.4 Å². The van der Waals surface area contributed by atoms with Crippen molar-refractivity contribution in [3.8, 4) is 5.75 Å². The molecule has 0 aliphatic carbocycles. The Morgan fingerprint density at radius 1 is 1.17 bits per heavy atom. The zero-order chi connectivity index (χ0) is 17.9. The summed E-state index contributed by atoms with van der Waals surface area (Å²) in [6, 6.07) is 7.26. The summed E-state index contributed by atoms with van der Waals surface area (Å²) in [5.74, 6) is 0.803. The van der Waals surface area contributed by atoms with E-state index in [0.29, 0.717) is 30.4 Å². The minimum Gasteiger partial charge on any atom is -0.495 e. The topological polar surface area (TPSA) is 70.7 Å². The van der Waals surface area contributed by atoms with Crippen molar-refractivity contribution >= 4 is 17.5 Å². The first-order valence-electron chi connectivity index (χ1n) is 8.38. The molecule has 0 atom stereocenters. The van der Waals surface area contributed by atoms with E-state index >= 15 is 0 Å². The summed E-state index contributed by atoms with van der Waals surface area (Å²) in [7, 11) is 1.56. The Balaban J connectivity index is 2.57. The van der Waals surface area contributed by atoms with Gasteiger partial charge in [-0.05, 0) is 31.0 Å². The molecule has 0 spiro atoms. The lowest BCUT2D eigenvalue weighted by Crippen LogP contribution is -2.42. The van der Waals surface area contributed by atoms with Crippen LogP contribution in [0.2, 0.25) is 0 Å². The molecule has 0 aromatic heterocycles. The summed E-state index contributed by atoms with van der Waals surface area (Å²) in [4.78, 5) is 26.1. The van der Waals surface area contributed by atoms with Gasteiger partial charge in [0.25, 0.3) is 0 Å². The van der Waals surface area contributed by atoms with E-state index in [4.69, 9.17) is 4.74 Å². The molecule has 134 valence electrons. The second-order valence-electron chi connectivity index (χ2n) is 6.16. The third-order valence-corrected chi connectivity index (χ3v) is 3.36. The summed E-state index contributed by atoms with van der Waals surface area (Å²) >= 11 is 0. The van der Waals surface area contributed by atoms with Crippen LogP contribution >= 0.6 is 0 Å². The molecule has 0 heterocycles. The average molecular weight is 335 g/mol. The number of para-hydroxylation sites is 2. The fourth-order valence-electron chi connectivity index (χ4n) is 2.25. The Bertz CT molecular complexity index is 532. The van der Waals surface area contributed by atoms with Crippen LogP contribution in [0, 0.1) is 5.92 Å². The molecule has 0 saturated carbocycles. The fraction of sp³-hybridized carbons (Fsp3) is 0.556. The van der Waals surface area contributed by atoms with E-state index in [0.717, 1.165) is 6.42 Å². The first-order valence-corrected chi connectivity index (χ1v) is 8.38. The van der Waals surface area contributed by atoms with Crippen LogP contribution in [0.5, 0.6) is 5.75 Å². The Morgan fingerprint density at radius 3 is 2.46 bits per heavy atom. The number of anilines is 1. The second-order valence-corrected chi connectivity index (χ2v) is 6.16. The van der Waals surface area contributed by atoms with Gasteiger partial charge in [0.1, 0.15) is 5.75 Å². The molecule has 6 heteroatoms. The number of nitrogens with zero attached hydrogens (tertiary/aromatic N) is 1. The van der Waals surface area contributed by atoms with Crippen LogP contribution in [0.4, 0.5) is 5.69 Å². The highest BCUT2D eigenvalue weighted by Gasteiger charge is 2.15. The molecule has 0 saturated heterocycles. The Hall–Kier alpha value is -2.08. The van der Waals surface area contributed by atoms with Gasteiger partial charge >= 0.3 is 0 Å². The molecule has 0 radical (unpaired) electrons. The van der Waals surface area contributed by atoms with Gasteiger partial charge in [-0.1, -0.05) is 32.9 Å². The number of carbonyl (C=O) groups is 2. The van der Waals surface area contributed by atoms with E-state index in [1.54, 1.807) is 19.2 Å². The van der Waals surface area contributed by atoms with Gasteiger partial charge in [0.2, 0.25) is 11.8 Å². The number of benzene rings is 1. The van der Waals surface area contributed by atoms with Crippen molar-refractivity contribution in [2.75, 3.05) is 38.6 Å². The number of amides is 2. The van der Waals surface area contributed by atoms with Crippen LogP contribution in [0.1, 0.15) is 27.2 Å². The van der Waals surface area contributed by atoms with E-state index < -0.39 is 0 Å². The standard InChI is InChI=1S/C18H29N3O3/c1-5-10-21(12-17(22)19-11-14(2)3)13-18(23)20-15-8-6-7-9-16(15)24-4/h6-9,14H,5,10-13H2,1-4H3,(H,19,22)(H,20,23). The van der Waals surface area contributed by atoms with Crippen molar-refractivity contribution in [1.29, 1.82) is 0 Å². The number of ether oxygens (including phenoxy) is 1. The van der Waals surface area contributed by atoms with Crippen LogP contribution < -0.4 is 15.4 Å². The minimum atomic E-state index is -0.162. The van der Waals surface area contributed by atoms with E-state index in [-0.39, 0.29) is 24.9 Å². The predicted octanol–water partition coefficient (Wildman–Crippen LogP) is 2.12. The van der Waals surface area contributed by atoms with Crippen LogP contribution in [0.15, 0.2) is 24.3 Å². The normalized spacial score (nSPS) is 10.8. The van der Waals surface area contributed by atoms with Gasteiger partial charge in [0.15, 0.2) is 0 Å². The molecular formula is C18H29N3O3. The molecule has 6 nitrogen and oxygen atoms in total. The van der Waals surface area contributed by atoms with Crippen LogP contribution in [0.25, 0.3) is 0 Å². The zero-order valence-corrected chi connectivity index (χ0v) is 15.1. The van der Waals surface area contributed by atoms with Gasteiger partial charge in [0.05, 0.1) is 25.9 Å². The number of hydrogen-bond donors (Lipinski definition) is 2. The lowest BCUT2D eigenvalue weighted by molar-refractivity contribution is -0.123. The summed E-state index contributed by atoms with van der Waals surface area (Å²) < 4.78 is 5.23. The van der Waals surface area contributed by atoms with Gasteiger partial charge in [-0.15, -0.1) is 0 Å². The molecular weight excluding hydrogens is 306 g/mol. The third kappa shape index (κ3) is 7.46. The van der Waals surface area contributed by atoms with E-state index in [9.17, 15) is 9.59 Å². The highest BCUT2D eigenvalue weighted by molar-refractivity contribution is 5.94. The molecule has 2 N–H and O–H groups in total. The van der Waals surface area contributed by atoms with Crippen molar-refractivity contribution < 1.29 is 14.3 Å². The lowest BCUT2D eigenvalue weighted by atomic mass is 10.2. The van der Waals surface area contributed by atoms with Crippen molar-refractivity contribution in [3.63, 3.8) is 0 Å². The largest absolute Gasteiger partial charge is 0.495 e. The molecule has 2 amide bonds. The number of nitrogens with one attached hydrogen (secondary N) is 2. The molecule has 0 aliphatic heterocycles. The van der Waals surface area contributed by atoms with E-state index in [2.05, 4.69) is 10.6 Å². The molecule has 1 aromatic carbocycles. The lowest BCUT2D eigenvalue weighted by Gasteiger charge is -2.21. The van der Waals surface area contributed by atoms with Crippen LogP contribution in [-0.4, -0.2) is 50.0 Å². The maximum absolute atomic E-state index is 12.3. The van der Waals surface area contributed by atoms with Crippen molar-refractivity contribution in [2.24, 2.45) is 5.92 Å². The summed E-state index contributed by atoms with van der Waals surface area (Å²) in [6.07, 6.45) is 0.874. The van der Waals surface area contributed by atoms with Crippen molar-refractivity contribution in [2.45, 2.75) is 27.2 Å². The third-order valence-electron chi connectivity index (χ3n) is 3.36. The predicted molar refractivity (Wildman–Crippen MR) is 96.2 cm³/mol. The highest BCUT2D eigenvalue weighted by Crippen LogP contribution is 2.22. The zero-order valence-electron chi connectivity index (χ0n) is 15.1. The number of carbonyl (C=O) groups excluding carboxylic acids is 2. The Labute approximate surface area is 144 Å². The summed E-state index contributed by atoms with van der Waals surface area (Å²) in [6.45, 7) is 7.84. The average Bonchev–Trinajstić information content (AvgIpc) is 2.53. The van der Waals surface area contributed by atoms with Crippen LogP contribution in [-0.2, 0) is 9.59 Å². The molecule has 1 aromatic rings. The van der Waals surface area contributed by atoms with E-state index in [1.807, 2.05) is 37.8 Å². The maximum atomic E-state index is 12.3. The summed E-state index contributed by atoms with van der Waals surface area (Å²) in [5.41, 5.74) is 0.630. The second kappa shape index (κ2) is 10.6. The van der Waals surface area contributed by atoms with Crippen LogP contribution in [0.3, 0.4) is 0 Å². The quantitative estimate of drug-likeness (QED) is 0.687. The SMILES string of the molecule is CCCN(CC(=O)NCC(C)C)CC(=O)Nc1ccccc1OC. The monoisotopic (exact) mass is 335 g/mol. The minimum absolute atomic E-state index is 0.0535. The van der Waals surface area contributed by atoms with Gasteiger partial charge in [0, 0.05) is 6.54 Å². The van der Waals surface area contributed by atoms with E-state index in [1.165, 1.54) is 0 Å². The maximum Gasteiger partial charge on any atom is 0.238 e. The van der Waals surface area contributed by atoms with Gasteiger partial charge in [-0.3, -0.25) is 14.5 Å². The highest BCUT2D eigenvalue weighted by atomic mass is 16.5. The smallest absolute Gasteiger partial charge is 0.238 e. The number of hydrogen-bond acceptors (Lipinski definition) is 4. The Kier molecular flexibility index (Phi) is 8.86. The van der Waals surface area contributed by atoms with Crippen molar-refractivity contribution in [1.82, 2.24) is 10.2 Å². The number of methoxy groups -OCH3 is 1. The van der Waals surface area contributed by atoms with Gasteiger partial charge in [-0.2, -0.15) is 0 Å². The molecule has 0 fully saturated rings. The fourth-order valence-corrected chi connectivity index (χ4v) is 2.25. The first-order chi connectivity index (χ1) is 11.5. The summed E-state index contributed by atoms with van der Waals surface area (Å²) in [5, 5.41) is 5.72. The van der Waals surface area contributed by atoms with Crippen molar-refractivity contribution in [3.05, 3.63) is 24.3 Å².